The predicted octanol–water partition coefficient (Wildman–Crippen LogP) is 4.93. The minimum atomic E-state index is -0.489. The monoisotopic (exact) mass is 447 g/mol. The van der Waals surface area contributed by atoms with Crippen LogP contribution in [0.15, 0.2) is 53.7 Å². The van der Waals surface area contributed by atoms with Crippen LogP contribution in [0.1, 0.15) is 43.9 Å². The van der Waals surface area contributed by atoms with Crippen LogP contribution in [0.4, 0.5) is 5.69 Å². The van der Waals surface area contributed by atoms with Gasteiger partial charge in [0.2, 0.25) is 5.91 Å². The van der Waals surface area contributed by atoms with Crippen LogP contribution in [0.5, 0.6) is 0 Å². The maximum atomic E-state index is 13.1. The minimum absolute atomic E-state index is 0.0244. The third-order valence-corrected chi connectivity index (χ3v) is 6.06. The molecule has 0 aliphatic heterocycles. The Labute approximate surface area is 190 Å². The van der Waals surface area contributed by atoms with Gasteiger partial charge in [0, 0.05) is 22.1 Å². The molecule has 8 heteroatoms. The highest BCUT2D eigenvalue weighted by molar-refractivity contribution is 8.00. The van der Waals surface area contributed by atoms with E-state index in [2.05, 4.69) is 15.4 Å². The van der Waals surface area contributed by atoms with Gasteiger partial charge in [-0.25, -0.2) is 9.97 Å². The van der Waals surface area contributed by atoms with Crippen LogP contribution in [-0.4, -0.2) is 36.5 Å². The molecule has 4 aromatic rings. The quantitative estimate of drug-likeness (QED) is 0.265. The van der Waals surface area contributed by atoms with E-state index in [1.165, 1.54) is 11.8 Å². The molecule has 32 heavy (non-hydrogen) atoms. The van der Waals surface area contributed by atoms with E-state index < -0.39 is 5.41 Å². The van der Waals surface area contributed by atoms with E-state index in [-0.39, 0.29) is 16.9 Å². The third-order valence-electron chi connectivity index (χ3n) is 5.02. The fourth-order valence-electron chi connectivity index (χ4n) is 3.19. The molecule has 0 saturated heterocycles. The van der Waals surface area contributed by atoms with Crippen molar-refractivity contribution in [3.05, 3.63) is 59.9 Å². The normalized spacial score (nSPS) is 12.8. The zero-order valence-electron chi connectivity index (χ0n) is 18.7. The number of rotatable bonds is 5. The van der Waals surface area contributed by atoms with E-state index in [4.69, 9.17) is 4.98 Å². The highest BCUT2D eigenvalue weighted by atomic mass is 32.2. The first-order valence-corrected chi connectivity index (χ1v) is 11.3. The van der Waals surface area contributed by atoms with Crippen molar-refractivity contribution in [2.45, 2.75) is 45.0 Å². The minimum Gasteiger partial charge on any atom is -0.326 e. The molecule has 1 N–H and O–H groups in total. The summed E-state index contributed by atoms with van der Waals surface area (Å²) in [6, 6.07) is 14.7. The number of hydrogen-bond acceptors (Lipinski definition) is 6. The standard InChI is InChI=1S/C24H25N5O2S/c1-14(20(30)16-10-12-17(13-11-16)26-22(31)24(3,4)5)32-23-27-19-9-7-6-8-18(19)21-25-15(2)28-29(21)23/h6-14H,1-5H3,(H,26,31). The molecule has 1 unspecified atom stereocenters. The fourth-order valence-corrected chi connectivity index (χ4v) is 4.13. The largest absolute Gasteiger partial charge is 0.326 e. The average molecular weight is 448 g/mol. The molecule has 0 spiro atoms. The van der Waals surface area contributed by atoms with Crippen LogP contribution >= 0.6 is 11.8 Å². The van der Waals surface area contributed by atoms with E-state index in [9.17, 15) is 9.59 Å². The Morgan fingerprint density at radius 2 is 1.72 bits per heavy atom. The number of amides is 1. The number of carbonyl (C=O) groups excluding carboxylic acids is 2. The van der Waals surface area contributed by atoms with Crippen molar-refractivity contribution in [2.24, 2.45) is 5.41 Å². The smallest absolute Gasteiger partial charge is 0.229 e. The Hall–Kier alpha value is -3.26. The predicted molar refractivity (Wildman–Crippen MR) is 127 cm³/mol. The summed E-state index contributed by atoms with van der Waals surface area (Å²) in [4.78, 5) is 34.5. The number of aryl methyl sites for hydroxylation is 1. The Kier molecular flexibility index (Phi) is 5.73. The molecule has 7 nitrogen and oxygen atoms in total. The second-order valence-electron chi connectivity index (χ2n) is 8.71. The number of carbonyl (C=O) groups is 2. The molecule has 0 fully saturated rings. The average Bonchev–Trinajstić information content (AvgIpc) is 3.15. The topological polar surface area (TPSA) is 89.2 Å². The van der Waals surface area contributed by atoms with Crippen molar-refractivity contribution in [3.63, 3.8) is 0 Å². The van der Waals surface area contributed by atoms with E-state index in [1.54, 1.807) is 28.8 Å². The summed E-state index contributed by atoms with van der Waals surface area (Å²) >= 11 is 1.35. The van der Waals surface area contributed by atoms with Gasteiger partial charge in [0.05, 0.1) is 10.8 Å². The van der Waals surface area contributed by atoms with Crippen LogP contribution in [0.25, 0.3) is 16.6 Å². The summed E-state index contributed by atoms with van der Waals surface area (Å²) in [6.45, 7) is 9.26. The Morgan fingerprint density at radius 1 is 1.03 bits per heavy atom. The molecule has 0 radical (unpaired) electrons. The first-order valence-electron chi connectivity index (χ1n) is 10.4. The lowest BCUT2D eigenvalue weighted by molar-refractivity contribution is -0.123. The van der Waals surface area contributed by atoms with Gasteiger partial charge in [-0.1, -0.05) is 44.7 Å². The molecule has 0 aliphatic carbocycles. The van der Waals surface area contributed by atoms with Crippen LogP contribution < -0.4 is 5.32 Å². The third kappa shape index (κ3) is 4.36. The number of nitrogens with zero attached hydrogens (tertiary/aromatic N) is 4. The van der Waals surface area contributed by atoms with Crippen molar-refractivity contribution in [1.29, 1.82) is 0 Å². The second-order valence-corrected chi connectivity index (χ2v) is 10.0. The van der Waals surface area contributed by atoms with E-state index >= 15 is 0 Å². The molecule has 1 atom stereocenters. The van der Waals surface area contributed by atoms with Crippen LogP contribution in [-0.2, 0) is 4.79 Å². The van der Waals surface area contributed by atoms with Crippen LogP contribution in [0.3, 0.4) is 0 Å². The molecule has 1 amide bonds. The summed E-state index contributed by atoms with van der Waals surface area (Å²) in [5, 5.41) is 8.51. The van der Waals surface area contributed by atoms with Crippen molar-refractivity contribution >= 4 is 45.7 Å². The van der Waals surface area contributed by atoms with Crippen LogP contribution in [0.2, 0.25) is 0 Å². The van der Waals surface area contributed by atoms with E-state index in [1.807, 2.05) is 58.9 Å². The maximum Gasteiger partial charge on any atom is 0.229 e. The summed E-state index contributed by atoms with van der Waals surface area (Å²) in [5.74, 6) is 0.551. The molecular formula is C24H25N5O2S. The summed E-state index contributed by atoms with van der Waals surface area (Å²) in [7, 11) is 0. The van der Waals surface area contributed by atoms with Crippen molar-refractivity contribution in [2.75, 3.05) is 5.32 Å². The first kappa shape index (κ1) is 22.0. The molecule has 164 valence electrons. The number of nitrogens with one attached hydrogen (secondary N) is 1. The molecule has 0 aliphatic rings. The molecule has 2 aromatic heterocycles. The number of para-hydroxylation sites is 1. The van der Waals surface area contributed by atoms with Gasteiger partial charge in [0.1, 0.15) is 5.82 Å². The van der Waals surface area contributed by atoms with Crippen molar-refractivity contribution in [1.82, 2.24) is 19.6 Å². The van der Waals surface area contributed by atoms with Crippen molar-refractivity contribution in [3.8, 4) is 0 Å². The number of fused-ring (bicyclic) bond motifs is 3. The molecule has 4 rings (SSSR count). The SMILES string of the molecule is Cc1nc2c3ccccc3nc(SC(C)C(=O)c3ccc(NC(=O)C(C)(C)C)cc3)n2n1. The van der Waals surface area contributed by atoms with Gasteiger partial charge < -0.3 is 5.32 Å². The summed E-state index contributed by atoms with van der Waals surface area (Å²) in [5.41, 5.74) is 2.29. The van der Waals surface area contributed by atoms with Gasteiger partial charge in [-0.15, -0.1) is 5.10 Å². The lowest BCUT2D eigenvalue weighted by atomic mass is 9.95. The van der Waals surface area contributed by atoms with E-state index in [0.717, 1.165) is 16.6 Å². The van der Waals surface area contributed by atoms with Gasteiger partial charge in [-0.2, -0.15) is 4.52 Å². The zero-order chi connectivity index (χ0) is 23.0. The lowest BCUT2D eigenvalue weighted by Gasteiger charge is -2.18. The number of hydrogen-bond donors (Lipinski definition) is 1. The first-order chi connectivity index (χ1) is 15.1. The van der Waals surface area contributed by atoms with Crippen molar-refractivity contribution < 1.29 is 9.59 Å². The summed E-state index contributed by atoms with van der Waals surface area (Å²) in [6.07, 6.45) is 0. The zero-order valence-corrected chi connectivity index (χ0v) is 19.5. The highest BCUT2D eigenvalue weighted by Gasteiger charge is 2.23. The summed E-state index contributed by atoms with van der Waals surface area (Å²) < 4.78 is 1.71. The van der Waals surface area contributed by atoms with Gasteiger partial charge in [-0.3, -0.25) is 9.59 Å². The van der Waals surface area contributed by atoms with Gasteiger partial charge in [0.25, 0.3) is 0 Å². The molecule has 0 bridgehead atoms. The Balaban J connectivity index is 1.56. The van der Waals surface area contributed by atoms with Crippen LogP contribution in [0, 0.1) is 12.3 Å². The van der Waals surface area contributed by atoms with Gasteiger partial charge in [-0.05, 0) is 50.2 Å². The molecular weight excluding hydrogens is 422 g/mol. The number of ketones is 1. The highest BCUT2D eigenvalue weighted by Crippen LogP contribution is 2.28. The number of thioether (sulfide) groups is 1. The Bertz CT molecular complexity index is 1320. The van der Waals surface area contributed by atoms with E-state index in [0.29, 0.717) is 22.2 Å². The molecule has 0 saturated carbocycles. The number of Topliss-reactive ketones (excluding diaryl/α,β-unsaturated/α-hetero) is 1. The van der Waals surface area contributed by atoms with Gasteiger partial charge in [0.15, 0.2) is 16.6 Å². The number of aromatic nitrogens is 4. The fraction of sp³-hybridized carbons (Fsp3) is 0.292. The maximum absolute atomic E-state index is 13.1. The van der Waals surface area contributed by atoms with Gasteiger partial charge >= 0.3 is 0 Å². The molecule has 2 heterocycles. The second kappa shape index (κ2) is 8.35. The Morgan fingerprint density at radius 3 is 2.41 bits per heavy atom. The number of anilines is 1. The number of benzene rings is 2. The molecule has 2 aromatic carbocycles. The lowest BCUT2D eigenvalue weighted by Crippen LogP contribution is -2.27.